The number of carbonyl (C=O) groups is 1. The topological polar surface area (TPSA) is 62.7 Å². The number of nitrogens with zero attached hydrogens (tertiary/aromatic N) is 2. The number of aryl methyl sites for hydroxylation is 1. The molecule has 1 aliphatic rings. The van der Waals surface area contributed by atoms with Crippen molar-refractivity contribution in [2.24, 2.45) is 0 Å². The number of aromatic carboxylic acids is 1. The summed E-state index contributed by atoms with van der Waals surface area (Å²) in [6, 6.07) is 3.34. The Morgan fingerprint density at radius 1 is 1.50 bits per heavy atom. The lowest BCUT2D eigenvalue weighted by Crippen LogP contribution is -2.42. The second-order valence-electron chi connectivity index (χ2n) is 5.11. The first-order chi connectivity index (χ1) is 9.63. The summed E-state index contributed by atoms with van der Waals surface area (Å²) in [6.07, 6.45) is 2.91. The summed E-state index contributed by atoms with van der Waals surface area (Å²) in [5.41, 5.74) is 1.17. The molecule has 0 amide bonds. The summed E-state index contributed by atoms with van der Waals surface area (Å²) < 4.78 is 5.65. The molecule has 2 heterocycles. The zero-order valence-electron chi connectivity index (χ0n) is 12.1. The molecule has 0 saturated carbocycles. The van der Waals surface area contributed by atoms with E-state index < -0.39 is 5.97 Å². The van der Waals surface area contributed by atoms with E-state index in [9.17, 15) is 9.90 Å². The van der Waals surface area contributed by atoms with Gasteiger partial charge in [0.05, 0.1) is 18.3 Å². The standard InChI is InChI=1S/C15H22N2O3/c1-3-5-12-8-11(15(18)19)9-14(16-12)17-6-7-20-13(4-2)10-17/h8-9,13H,3-7,10H2,1-2H3,(H,18,19). The van der Waals surface area contributed by atoms with E-state index in [0.29, 0.717) is 12.2 Å². The van der Waals surface area contributed by atoms with Gasteiger partial charge in [0.1, 0.15) is 5.82 Å². The molecule has 1 saturated heterocycles. The molecule has 0 aliphatic carbocycles. The second kappa shape index (κ2) is 6.70. The summed E-state index contributed by atoms with van der Waals surface area (Å²) in [6.45, 7) is 6.37. The summed E-state index contributed by atoms with van der Waals surface area (Å²) in [4.78, 5) is 18.0. The van der Waals surface area contributed by atoms with Gasteiger partial charge in [-0.05, 0) is 25.0 Å². The van der Waals surface area contributed by atoms with Crippen LogP contribution >= 0.6 is 0 Å². The van der Waals surface area contributed by atoms with E-state index in [1.54, 1.807) is 12.1 Å². The number of hydrogen-bond donors (Lipinski definition) is 1. The van der Waals surface area contributed by atoms with Gasteiger partial charge in [-0.15, -0.1) is 0 Å². The first-order valence-corrected chi connectivity index (χ1v) is 7.24. The number of ether oxygens (including phenoxy) is 1. The van der Waals surface area contributed by atoms with Crippen LogP contribution in [0.15, 0.2) is 12.1 Å². The fourth-order valence-corrected chi connectivity index (χ4v) is 2.42. The average molecular weight is 278 g/mol. The van der Waals surface area contributed by atoms with Gasteiger partial charge in [-0.3, -0.25) is 0 Å². The molecule has 1 fully saturated rings. The molecule has 5 nitrogen and oxygen atoms in total. The van der Waals surface area contributed by atoms with Crippen LogP contribution in [0.2, 0.25) is 0 Å². The van der Waals surface area contributed by atoms with Gasteiger partial charge in [0.2, 0.25) is 0 Å². The van der Waals surface area contributed by atoms with Crippen LogP contribution in [-0.4, -0.2) is 41.9 Å². The maximum Gasteiger partial charge on any atom is 0.335 e. The average Bonchev–Trinajstić information content (AvgIpc) is 2.47. The summed E-state index contributed by atoms with van der Waals surface area (Å²) >= 11 is 0. The zero-order chi connectivity index (χ0) is 14.5. The molecular formula is C15H22N2O3. The molecule has 1 unspecified atom stereocenters. The smallest absolute Gasteiger partial charge is 0.335 e. The Bertz CT molecular complexity index is 476. The molecule has 1 atom stereocenters. The van der Waals surface area contributed by atoms with E-state index >= 15 is 0 Å². The fourth-order valence-electron chi connectivity index (χ4n) is 2.42. The van der Waals surface area contributed by atoms with Gasteiger partial charge >= 0.3 is 5.97 Å². The predicted octanol–water partition coefficient (Wildman–Crippen LogP) is 2.35. The molecular weight excluding hydrogens is 256 g/mol. The number of morpholine rings is 1. The third-order valence-electron chi connectivity index (χ3n) is 3.54. The minimum Gasteiger partial charge on any atom is -0.478 e. The van der Waals surface area contributed by atoms with E-state index in [0.717, 1.165) is 43.9 Å². The lowest BCUT2D eigenvalue weighted by molar-refractivity contribution is 0.0381. The van der Waals surface area contributed by atoms with Crippen LogP contribution in [0.3, 0.4) is 0 Å². The highest BCUT2D eigenvalue weighted by molar-refractivity contribution is 5.88. The Morgan fingerprint density at radius 3 is 2.95 bits per heavy atom. The van der Waals surface area contributed by atoms with E-state index in [1.165, 1.54) is 0 Å². The molecule has 0 spiro atoms. The number of rotatable bonds is 5. The van der Waals surface area contributed by atoms with Crippen LogP contribution in [-0.2, 0) is 11.2 Å². The lowest BCUT2D eigenvalue weighted by atomic mass is 10.1. The molecule has 20 heavy (non-hydrogen) atoms. The van der Waals surface area contributed by atoms with Gasteiger partial charge in [0.25, 0.3) is 0 Å². The van der Waals surface area contributed by atoms with Crippen molar-refractivity contribution in [1.82, 2.24) is 4.98 Å². The molecule has 0 bridgehead atoms. The monoisotopic (exact) mass is 278 g/mol. The third-order valence-corrected chi connectivity index (χ3v) is 3.54. The molecule has 1 aromatic rings. The van der Waals surface area contributed by atoms with Gasteiger partial charge in [-0.1, -0.05) is 20.3 Å². The van der Waals surface area contributed by atoms with Crippen molar-refractivity contribution in [2.75, 3.05) is 24.6 Å². The van der Waals surface area contributed by atoms with Crippen molar-refractivity contribution in [1.29, 1.82) is 0 Å². The highest BCUT2D eigenvalue weighted by Crippen LogP contribution is 2.20. The van der Waals surface area contributed by atoms with Crippen LogP contribution in [0.4, 0.5) is 5.82 Å². The molecule has 2 rings (SSSR count). The van der Waals surface area contributed by atoms with Gasteiger partial charge < -0.3 is 14.7 Å². The summed E-state index contributed by atoms with van der Waals surface area (Å²) in [7, 11) is 0. The van der Waals surface area contributed by atoms with E-state index in [1.807, 2.05) is 0 Å². The molecule has 5 heteroatoms. The number of pyridine rings is 1. The number of carboxylic acids is 1. The van der Waals surface area contributed by atoms with E-state index in [4.69, 9.17) is 4.74 Å². The van der Waals surface area contributed by atoms with E-state index in [2.05, 4.69) is 23.7 Å². The summed E-state index contributed by atoms with van der Waals surface area (Å²) in [5.74, 6) is -0.138. The molecule has 1 aliphatic heterocycles. The Morgan fingerprint density at radius 2 is 2.30 bits per heavy atom. The van der Waals surface area contributed by atoms with Gasteiger partial charge in [-0.25, -0.2) is 9.78 Å². The van der Waals surface area contributed by atoms with Crippen LogP contribution < -0.4 is 4.90 Å². The Hall–Kier alpha value is -1.62. The van der Waals surface area contributed by atoms with Gasteiger partial charge in [-0.2, -0.15) is 0 Å². The Kier molecular flexibility index (Phi) is 4.95. The Balaban J connectivity index is 2.27. The van der Waals surface area contributed by atoms with Crippen molar-refractivity contribution >= 4 is 11.8 Å². The lowest BCUT2D eigenvalue weighted by Gasteiger charge is -2.33. The Labute approximate surface area is 119 Å². The molecule has 110 valence electrons. The maximum absolute atomic E-state index is 11.2. The number of anilines is 1. The van der Waals surface area contributed by atoms with Crippen molar-refractivity contribution in [2.45, 2.75) is 39.2 Å². The van der Waals surface area contributed by atoms with Crippen molar-refractivity contribution in [3.05, 3.63) is 23.4 Å². The van der Waals surface area contributed by atoms with Crippen molar-refractivity contribution < 1.29 is 14.6 Å². The quantitative estimate of drug-likeness (QED) is 0.895. The van der Waals surface area contributed by atoms with Crippen LogP contribution in [0, 0.1) is 0 Å². The minimum atomic E-state index is -0.897. The van der Waals surface area contributed by atoms with Gasteiger partial charge in [0, 0.05) is 18.8 Å². The molecule has 1 aromatic heterocycles. The largest absolute Gasteiger partial charge is 0.478 e. The first-order valence-electron chi connectivity index (χ1n) is 7.24. The zero-order valence-corrected chi connectivity index (χ0v) is 12.1. The summed E-state index contributed by atoms with van der Waals surface area (Å²) in [5, 5.41) is 9.23. The van der Waals surface area contributed by atoms with Gasteiger partial charge in [0.15, 0.2) is 0 Å². The predicted molar refractivity (Wildman–Crippen MR) is 77.4 cm³/mol. The van der Waals surface area contributed by atoms with E-state index in [-0.39, 0.29) is 6.10 Å². The van der Waals surface area contributed by atoms with Crippen LogP contribution in [0.25, 0.3) is 0 Å². The first kappa shape index (κ1) is 14.8. The van der Waals surface area contributed by atoms with Crippen molar-refractivity contribution in [3.8, 4) is 0 Å². The van der Waals surface area contributed by atoms with Crippen LogP contribution in [0.1, 0.15) is 42.7 Å². The highest BCUT2D eigenvalue weighted by atomic mass is 16.5. The minimum absolute atomic E-state index is 0.202. The number of hydrogen-bond acceptors (Lipinski definition) is 4. The van der Waals surface area contributed by atoms with Crippen molar-refractivity contribution in [3.63, 3.8) is 0 Å². The normalized spacial score (nSPS) is 19.1. The molecule has 1 N–H and O–H groups in total. The maximum atomic E-state index is 11.2. The third kappa shape index (κ3) is 3.48. The number of carboxylic acid groups (broad SMARTS) is 1. The number of aromatic nitrogens is 1. The SMILES string of the molecule is CCCc1cc(C(=O)O)cc(N2CCOC(CC)C2)n1. The van der Waals surface area contributed by atoms with Crippen LogP contribution in [0.5, 0.6) is 0 Å². The highest BCUT2D eigenvalue weighted by Gasteiger charge is 2.21. The molecule has 0 aromatic carbocycles. The second-order valence-corrected chi connectivity index (χ2v) is 5.11. The fraction of sp³-hybridized carbons (Fsp3) is 0.600. The molecule has 0 radical (unpaired) electrons.